The highest BCUT2D eigenvalue weighted by atomic mass is 16.5. The molecule has 0 aliphatic rings. The summed E-state index contributed by atoms with van der Waals surface area (Å²) in [5.41, 5.74) is 8.26. The van der Waals surface area contributed by atoms with E-state index in [0.29, 0.717) is 6.54 Å². The summed E-state index contributed by atoms with van der Waals surface area (Å²) in [6, 6.07) is 6.29. The van der Waals surface area contributed by atoms with Gasteiger partial charge in [-0.05, 0) is 56.5 Å². The third-order valence-electron chi connectivity index (χ3n) is 2.34. The summed E-state index contributed by atoms with van der Waals surface area (Å²) in [4.78, 5) is 0. The minimum Gasteiger partial charge on any atom is -0.491 e. The molecule has 15 heavy (non-hydrogen) atoms. The Bertz CT molecular complexity index is 307. The molecule has 0 bridgehead atoms. The molecule has 0 fully saturated rings. The van der Waals surface area contributed by atoms with E-state index in [4.69, 9.17) is 10.5 Å². The van der Waals surface area contributed by atoms with Gasteiger partial charge in [-0.15, -0.1) is 0 Å². The molecule has 1 aromatic rings. The van der Waals surface area contributed by atoms with Crippen molar-refractivity contribution in [1.29, 1.82) is 0 Å². The van der Waals surface area contributed by atoms with E-state index in [-0.39, 0.29) is 6.10 Å². The lowest BCUT2D eigenvalue weighted by atomic mass is 10.0. The molecule has 2 nitrogen and oxygen atoms in total. The Kier molecular flexibility index (Phi) is 4.63. The fraction of sp³-hybridized carbons (Fsp3) is 0.538. The number of hydrogen-bond donors (Lipinski definition) is 1. The quantitative estimate of drug-likeness (QED) is 0.805. The van der Waals surface area contributed by atoms with Gasteiger partial charge < -0.3 is 10.5 Å². The fourth-order valence-electron chi connectivity index (χ4n) is 1.68. The lowest BCUT2D eigenvalue weighted by molar-refractivity contribution is 0.242. The third kappa shape index (κ3) is 3.56. The van der Waals surface area contributed by atoms with Crippen LogP contribution in [0.2, 0.25) is 0 Å². The van der Waals surface area contributed by atoms with Gasteiger partial charge in [-0.2, -0.15) is 0 Å². The van der Waals surface area contributed by atoms with Crippen molar-refractivity contribution in [2.24, 2.45) is 5.73 Å². The van der Waals surface area contributed by atoms with Gasteiger partial charge >= 0.3 is 0 Å². The molecular weight excluding hydrogens is 186 g/mol. The summed E-state index contributed by atoms with van der Waals surface area (Å²) in [6.45, 7) is 6.95. The number of benzene rings is 1. The third-order valence-corrected chi connectivity index (χ3v) is 2.34. The molecule has 0 spiro atoms. The SMILES string of the molecule is CCc1cc(OC(C)C)ccc1CCN. The van der Waals surface area contributed by atoms with Gasteiger partial charge in [0.25, 0.3) is 0 Å². The Hall–Kier alpha value is -1.02. The molecule has 84 valence electrons. The smallest absolute Gasteiger partial charge is 0.119 e. The molecule has 0 amide bonds. The fourth-order valence-corrected chi connectivity index (χ4v) is 1.68. The van der Waals surface area contributed by atoms with Crippen molar-refractivity contribution < 1.29 is 4.74 Å². The molecule has 0 saturated carbocycles. The van der Waals surface area contributed by atoms with Crippen LogP contribution in [-0.4, -0.2) is 12.6 Å². The molecule has 1 aromatic carbocycles. The lowest BCUT2D eigenvalue weighted by Gasteiger charge is -2.13. The molecule has 0 radical (unpaired) electrons. The maximum atomic E-state index is 5.66. The van der Waals surface area contributed by atoms with Crippen LogP contribution >= 0.6 is 0 Å². The van der Waals surface area contributed by atoms with Crippen LogP contribution in [0.1, 0.15) is 31.9 Å². The molecule has 0 aliphatic heterocycles. The first-order chi connectivity index (χ1) is 7.17. The summed E-state index contributed by atoms with van der Waals surface area (Å²) in [6.07, 6.45) is 2.21. The minimum atomic E-state index is 0.232. The zero-order valence-electron chi connectivity index (χ0n) is 9.92. The predicted molar refractivity (Wildman–Crippen MR) is 64.3 cm³/mol. The molecule has 0 atom stereocenters. The van der Waals surface area contributed by atoms with Gasteiger partial charge in [0, 0.05) is 0 Å². The highest BCUT2D eigenvalue weighted by molar-refractivity contribution is 5.36. The molecule has 0 aromatic heterocycles. The average molecular weight is 207 g/mol. The Morgan fingerprint density at radius 2 is 2.00 bits per heavy atom. The number of hydrogen-bond acceptors (Lipinski definition) is 2. The van der Waals surface area contributed by atoms with Gasteiger partial charge in [0.15, 0.2) is 0 Å². The second-order valence-electron chi connectivity index (χ2n) is 3.99. The second kappa shape index (κ2) is 5.76. The van der Waals surface area contributed by atoms with E-state index in [1.54, 1.807) is 0 Å². The molecule has 0 unspecified atom stereocenters. The van der Waals surface area contributed by atoms with E-state index in [2.05, 4.69) is 19.1 Å². The topological polar surface area (TPSA) is 35.2 Å². The van der Waals surface area contributed by atoms with Gasteiger partial charge in [-0.1, -0.05) is 13.0 Å². The van der Waals surface area contributed by atoms with E-state index >= 15 is 0 Å². The summed E-state index contributed by atoms with van der Waals surface area (Å²) in [7, 11) is 0. The standard InChI is InChI=1S/C13H21NO/c1-4-11-9-13(15-10(2)3)6-5-12(11)7-8-14/h5-6,9-10H,4,7-8,14H2,1-3H3. The van der Waals surface area contributed by atoms with Gasteiger partial charge in [0.05, 0.1) is 6.10 Å². The molecule has 0 aliphatic carbocycles. The highest BCUT2D eigenvalue weighted by Crippen LogP contribution is 2.19. The Labute approximate surface area is 92.4 Å². The van der Waals surface area contributed by atoms with Gasteiger partial charge in [-0.25, -0.2) is 0 Å². The first-order valence-electron chi connectivity index (χ1n) is 5.66. The molecule has 2 N–H and O–H groups in total. The van der Waals surface area contributed by atoms with E-state index in [9.17, 15) is 0 Å². The zero-order valence-corrected chi connectivity index (χ0v) is 9.92. The highest BCUT2D eigenvalue weighted by Gasteiger charge is 2.03. The number of ether oxygens (including phenoxy) is 1. The van der Waals surface area contributed by atoms with Crippen LogP contribution in [0.4, 0.5) is 0 Å². The molecule has 0 heterocycles. The van der Waals surface area contributed by atoms with E-state index in [1.807, 2.05) is 19.9 Å². The number of nitrogens with two attached hydrogens (primary N) is 1. The summed E-state index contributed by atoms with van der Waals surface area (Å²) >= 11 is 0. The molecule has 1 rings (SSSR count). The van der Waals surface area contributed by atoms with Crippen LogP contribution in [0.15, 0.2) is 18.2 Å². The maximum Gasteiger partial charge on any atom is 0.119 e. The van der Waals surface area contributed by atoms with Crippen molar-refractivity contribution in [3.8, 4) is 5.75 Å². The maximum absolute atomic E-state index is 5.66. The van der Waals surface area contributed by atoms with Crippen molar-refractivity contribution in [2.45, 2.75) is 39.7 Å². The van der Waals surface area contributed by atoms with Crippen molar-refractivity contribution in [3.63, 3.8) is 0 Å². The van der Waals surface area contributed by atoms with Crippen LogP contribution in [0.25, 0.3) is 0 Å². The molecule has 2 heteroatoms. The van der Waals surface area contributed by atoms with Crippen LogP contribution < -0.4 is 10.5 Å². The van der Waals surface area contributed by atoms with Crippen molar-refractivity contribution in [2.75, 3.05) is 6.54 Å². The number of aryl methyl sites for hydroxylation is 1. The average Bonchev–Trinajstić information content (AvgIpc) is 2.20. The molecule has 0 saturated heterocycles. The van der Waals surface area contributed by atoms with E-state index < -0.39 is 0 Å². The van der Waals surface area contributed by atoms with E-state index in [0.717, 1.165) is 18.6 Å². The molecular formula is C13H21NO. The first-order valence-corrected chi connectivity index (χ1v) is 5.66. The van der Waals surface area contributed by atoms with Gasteiger partial charge in [0.2, 0.25) is 0 Å². The van der Waals surface area contributed by atoms with Crippen molar-refractivity contribution in [1.82, 2.24) is 0 Å². The summed E-state index contributed by atoms with van der Waals surface area (Å²) in [5, 5.41) is 0. The van der Waals surface area contributed by atoms with E-state index in [1.165, 1.54) is 11.1 Å². The van der Waals surface area contributed by atoms with Crippen LogP contribution in [-0.2, 0) is 12.8 Å². The normalized spacial score (nSPS) is 10.7. The summed E-state index contributed by atoms with van der Waals surface area (Å²) in [5.74, 6) is 0.961. The summed E-state index contributed by atoms with van der Waals surface area (Å²) < 4.78 is 5.66. The largest absolute Gasteiger partial charge is 0.491 e. The predicted octanol–water partition coefficient (Wildman–Crippen LogP) is 2.54. The Balaban J connectivity index is 2.86. The van der Waals surface area contributed by atoms with Gasteiger partial charge in [-0.3, -0.25) is 0 Å². The zero-order chi connectivity index (χ0) is 11.3. The first kappa shape index (κ1) is 12.1. The second-order valence-corrected chi connectivity index (χ2v) is 3.99. The monoisotopic (exact) mass is 207 g/mol. The Morgan fingerprint density at radius 1 is 1.27 bits per heavy atom. The van der Waals surface area contributed by atoms with Crippen LogP contribution in [0, 0.1) is 0 Å². The number of rotatable bonds is 5. The van der Waals surface area contributed by atoms with Crippen molar-refractivity contribution >= 4 is 0 Å². The van der Waals surface area contributed by atoms with Crippen LogP contribution in [0.3, 0.4) is 0 Å². The lowest BCUT2D eigenvalue weighted by Crippen LogP contribution is -2.08. The van der Waals surface area contributed by atoms with Crippen LogP contribution in [0.5, 0.6) is 5.75 Å². The minimum absolute atomic E-state index is 0.232. The Morgan fingerprint density at radius 3 is 2.53 bits per heavy atom. The van der Waals surface area contributed by atoms with Crippen molar-refractivity contribution in [3.05, 3.63) is 29.3 Å². The van der Waals surface area contributed by atoms with Gasteiger partial charge in [0.1, 0.15) is 5.75 Å².